The molecular formula is C13H15FINOS. The van der Waals surface area contributed by atoms with Crippen LogP contribution >= 0.6 is 34.4 Å². The van der Waals surface area contributed by atoms with E-state index in [9.17, 15) is 9.18 Å². The van der Waals surface area contributed by atoms with Crippen molar-refractivity contribution in [3.05, 3.63) is 33.1 Å². The van der Waals surface area contributed by atoms with E-state index < -0.39 is 0 Å². The lowest BCUT2D eigenvalue weighted by molar-refractivity contribution is 0.0943. The molecule has 18 heavy (non-hydrogen) atoms. The highest BCUT2D eigenvalue weighted by atomic mass is 127. The molecule has 0 radical (unpaired) electrons. The second-order valence-electron chi connectivity index (χ2n) is 4.55. The standard InChI is InChI=1S/C13H15FINOS/c1-18-13(5-2-6-13)8-16-12(17)10-4-3-9(14)7-11(10)15/h3-4,7H,2,5-6,8H2,1H3,(H,16,17). The molecular weight excluding hydrogens is 364 g/mol. The minimum Gasteiger partial charge on any atom is -0.351 e. The molecule has 5 heteroatoms. The summed E-state index contributed by atoms with van der Waals surface area (Å²) in [6, 6.07) is 4.24. The van der Waals surface area contributed by atoms with E-state index in [-0.39, 0.29) is 16.5 Å². The van der Waals surface area contributed by atoms with Gasteiger partial charge in [-0.1, -0.05) is 6.42 Å². The van der Waals surface area contributed by atoms with E-state index in [2.05, 4.69) is 11.6 Å². The monoisotopic (exact) mass is 379 g/mol. The average molecular weight is 379 g/mol. The van der Waals surface area contributed by atoms with Crippen LogP contribution in [0.4, 0.5) is 4.39 Å². The molecule has 0 heterocycles. The molecule has 98 valence electrons. The lowest BCUT2D eigenvalue weighted by Crippen LogP contribution is -2.45. The number of carbonyl (C=O) groups is 1. The summed E-state index contributed by atoms with van der Waals surface area (Å²) in [5.74, 6) is -0.421. The summed E-state index contributed by atoms with van der Waals surface area (Å²) >= 11 is 3.81. The van der Waals surface area contributed by atoms with E-state index in [1.807, 2.05) is 34.4 Å². The van der Waals surface area contributed by atoms with Gasteiger partial charge in [0.2, 0.25) is 0 Å². The molecule has 1 aromatic carbocycles. The van der Waals surface area contributed by atoms with Crippen molar-refractivity contribution in [2.45, 2.75) is 24.0 Å². The molecule has 0 saturated heterocycles. The Kier molecular flexibility index (Phi) is 4.53. The maximum atomic E-state index is 13.0. The van der Waals surface area contributed by atoms with Crippen molar-refractivity contribution in [2.75, 3.05) is 12.8 Å². The summed E-state index contributed by atoms with van der Waals surface area (Å²) in [7, 11) is 0. The molecule has 0 aliphatic heterocycles. The predicted octanol–water partition coefficient (Wildman–Crippen LogP) is 3.45. The van der Waals surface area contributed by atoms with Crippen LogP contribution in [0.25, 0.3) is 0 Å². The van der Waals surface area contributed by atoms with E-state index in [1.165, 1.54) is 18.6 Å². The number of hydrogen-bond donors (Lipinski definition) is 1. The van der Waals surface area contributed by atoms with Gasteiger partial charge in [-0.2, -0.15) is 11.8 Å². The molecule has 0 bridgehead atoms. The van der Waals surface area contributed by atoms with E-state index in [0.29, 0.717) is 15.7 Å². The zero-order valence-electron chi connectivity index (χ0n) is 10.1. The molecule has 0 aromatic heterocycles. The van der Waals surface area contributed by atoms with Crippen LogP contribution in [0.2, 0.25) is 0 Å². The molecule has 1 aliphatic carbocycles. The number of hydrogen-bond acceptors (Lipinski definition) is 2. The van der Waals surface area contributed by atoms with Crippen molar-refractivity contribution in [1.82, 2.24) is 5.32 Å². The van der Waals surface area contributed by atoms with E-state index in [1.54, 1.807) is 6.07 Å². The number of thioether (sulfide) groups is 1. The van der Waals surface area contributed by atoms with Crippen LogP contribution in [0.3, 0.4) is 0 Å². The zero-order valence-corrected chi connectivity index (χ0v) is 13.1. The van der Waals surface area contributed by atoms with Crippen LogP contribution in [0.5, 0.6) is 0 Å². The van der Waals surface area contributed by atoms with Gasteiger partial charge in [0.1, 0.15) is 5.82 Å². The molecule has 0 spiro atoms. The first-order valence-corrected chi connectivity index (χ1v) is 8.15. The molecule has 2 nitrogen and oxygen atoms in total. The van der Waals surface area contributed by atoms with Crippen LogP contribution < -0.4 is 5.32 Å². The fourth-order valence-electron chi connectivity index (χ4n) is 2.03. The summed E-state index contributed by atoms with van der Waals surface area (Å²) in [5.41, 5.74) is 0.549. The van der Waals surface area contributed by atoms with Crippen molar-refractivity contribution < 1.29 is 9.18 Å². The Labute approximate surface area is 124 Å². The topological polar surface area (TPSA) is 29.1 Å². The van der Waals surface area contributed by atoms with Gasteiger partial charge in [0.15, 0.2) is 0 Å². The number of benzene rings is 1. The lowest BCUT2D eigenvalue weighted by atomic mass is 9.84. The van der Waals surface area contributed by atoms with Gasteiger partial charge >= 0.3 is 0 Å². The van der Waals surface area contributed by atoms with Gasteiger partial charge in [-0.05, 0) is 59.9 Å². The Balaban J connectivity index is 1.99. The molecule has 2 rings (SSSR count). The zero-order chi connectivity index (χ0) is 13.2. The third-order valence-corrected chi connectivity index (χ3v) is 5.76. The number of rotatable bonds is 4. The fraction of sp³-hybridized carbons (Fsp3) is 0.462. The van der Waals surface area contributed by atoms with Crippen molar-refractivity contribution in [2.24, 2.45) is 0 Å². The minimum atomic E-state index is -0.310. The van der Waals surface area contributed by atoms with E-state index in [0.717, 1.165) is 12.8 Å². The number of carbonyl (C=O) groups excluding carboxylic acids is 1. The summed E-state index contributed by atoms with van der Waals surface area (Å²) in [6.45, 7) is 0.695. The Morgan fingerprint density at radius 2 is 2.28 bits per heavy atom. The molecule has 1 N–H and O–H groups in total. The maximum Gasteiger partial charge on any atom is 0.252 e. The van der Waals surface area contributed by atoms with Crippen molar-refractivity contribution in [3.8, 4) is 0 Å². The lowest BCUT2D eigenvalue weighted by Gasteiger charge is -2.40. The second-order valence-corrected chi connectivity index (χ2v) is 6.98. The Bertz CT molecular complexity index is 457. The molecule has 1 saturated carbocycles. The first-order chi connectivity index (χ1) is 8.56. The molecule has 0 unspecified atom stereocenters. The highest BCUT2D eigenvalue weighted by Gasteiger charge is 2.36. The first kappa shape index (κ1) is 14.1. The number of amides is 1. The largest absolute Gasteiger partial charge is 0.351 e. The van der Waals surface area contributed by atoms with Gasteiger partial charge in [0, 0.05) is 14.9 Å². The summed E-state index contributed by atoms with van der Waals surface area (Å²) in [6.07, 6.45) is 5.65. The van der Waals surface area contributed by atoms with Crippen molar-refractivity contribution in [1.29, 1.82) is 0 Å². The van der Waals surface area contributed by atoms with Crippen LogP contribution in [0.1, 0.15) is 29.6 Å². The Morgan fingerprint density at radius 3 is 2.78 bits per heavy atom. The predicted molar refractivity (Wildman–Crippen MR) is 81.5 cm³/mol. The molecule has 1 fully saturated rings. The highest BCUT2D eigenvalue weighted by Crippen LogP contribution is 2.42. The minimum absolute atomic E-state index is 0.111. The van der Waals surface area contributed by atoms with Crippen LogP contribution in [-0.2, 0) is 0 Å². The molecule has 0 atom stereocenters. The van der Waals surface area contributed by atoms with Gasteiger partial charge in [0.25, 0.3) is 5.91 Å². The number of nitrogens with one attached hydrogen (secondary N) is 1. The van der Waals surface area contributed by atoms with Gasteiger partial charge in [-0.3, -0.25) is 4.79 Å². The van der Waals surface area contributed by atoms with Crippen molar-refractivity contribution in [3.63, 3.8) is 0 Å². The third-order valence-electron chi connectivity index (χ3n) is 3.44. The quantitative estimate of drug-likeness (QED) is 0.813. The SMILES string of the molecule is CSC1(CNC(=O)c2ccc(F)cc2I)CCC1. The van der Waals surface area contributed by atoms with Crippen LogP contribution in [-0.4, -0.2) is 23.5 Å². The first-order valence-electron chi connectivity index (χ1n) is 5.85. The van der Waals surface area contributed by atoms with Gasteiger partial charge < -0.3 is 5.32 Å². The normalized spacial score (nSPS) is 17.1. The highest BCUT2D eigenvalue weighted by molar-refractivity contribution is 14.1. The Hall–Kier alpha value is -0.300. The maximum absolute atomic E-state index is 13.0. The van der Waals surface area contributed by atoms with Gasteiger partial charge in [-0.25, -0.2) is 4.39 Å². The second kappa shape index (κ2) is 5.77. The molecule has 1 aromatic rings. The third kappa shape index (κ3) is 2.99. The Morgan fingerprint density at radius 1 is 1.56 bits per heavy atom. The van der Waals surface area contributed by atoms with Crippen molar-refractivity contribution >= 4 is 40.3 Å². The van der Waals surface area contributed by atoms with Gasteiger partial charge in [-0.15, -0.1) is 0 Å². The molecule has 1 aliphatic rings. The van der Waals surface area contributed by atoms with Crippen LogP contribution in [0.15, 0.2) is 18.2 Å². The smallest absolute Gasteiger partial charge is 0.252 e. The fourth-order valence-corrected chi connectivity index (χ4v) is 3.67. The summed E-state index contributed by atoms with van der Waals surface area (Å²) < 4.78 is 13.8. The summed E-state index contributed by atoms with van der Waals surface area (Å²) in [4.78, 5) is 12.0. The average Bonchev–Trinajstić information content (AvgIpc) is 2.27. The van der Waals surface area contributed by atoms with E-state index in [4.69, 9.17) is 0 Å². The van der Waals surface area contributed by atoms with Gasteiger partial charge in [0.05, 0.1) is 5.56 Å². The number of halogens is 2. The van der Waals surface area contributed by atoms with E-state index >= 15 is 0 Å². The summed E-state index contributed by atoms with van der Waals surface area (Å²) in [5, 5.41) is 2.97. The molecule has 1 amide bonds. The van der Waals surface area contributed by atoms with Crippen LogP contribution in [0, 0.1) is 9.39 Å².